The van der Waals surface area contributed by atoms with Crippen molar-refractivity contribution < 1.29 is 9.53 Å². The predicted octanol–water partition coefficient (Wildman–Crippen LogP) is 6.61. The second-order valence-corrected chi connectivity index (χ2v) is 10.3. The van der Waals surface area contributed by atoms with Gasteiger partial charge in [-0.05, 0) is 63.7 Å². The van der Waals surface area contributed by atoms with E-state index in [1.54, 1.807) is 6.08 Å². The van der Waals surface area contributed by atoms with Crippen LogP contribution in [0.4, 0.5) is 0 Å². The van der Waals surface area contributed by atoms with Gasteiger partial charge in [0.25, 0.3) is 0 Å². The normalized spacial score (nSPS) is 15.6. The Morgan fingerprint density at radius 2 is 1.76 bits per heavy atom. The molecule has 0 radical (unpaired) electrons. The molecule has 0 bridgehead atoms. The van der Waals surface area contributed by atoms with E-state index in [-0.39, 0.29) is 17.0 Å². The van der Waals surface area contributed by atoms with Gasteiger partial charge in [0.1, 0.15) is 5.76 Å². The van der Waals surface area contributed by atoms with Gasteiger partial charge in [0.15, 0.2) is 0 Å². The molecule has 0 heterocycles. The molecule has 140 valence electrons. The number of carbonyl (C=O) groups excluding carboxylic acids is 1. The Labute approximate surface area is 156 Å². The van der Waals surface area contributed by atoms with Crippen molar-refractivity contribution in [1.29, 1.82) is 0 Å². The lowest BCUT2D eigenvalue weighted by Crippen LogP contribution is -2.26. The van der Waals surface area contributed by atoms with Crippen molar-refractivity contribution in [2.75, 3.05) is 13.3 Å². The van der Waals surface area contributed by atoms with E-state index in [0.717, 1.165) is 17.6 Å². The molecule has 0 fully saturated rings. The molecule has 3 heteroatoms. The summed E-state index contributed by atoms with van der Waals surface area (Å²) in [5.74, 6) is 0.421. The van der Waals surface area contributed by atoms with Gasteiger partial charge in [-0.15, -0.1) is 0 Å². The first kappa shape index (κ1) is 23.6. The van der Waals surface area contributed by atoms with Gasteiger partial charge in [0, 0.05) is 0 Å². The molecule has 25 heavy (non-hydrogen) atoms. The van der Waals surface area contributed by atoms with Gasteiger partial charge in [0.05, 0.1) is 5.66 Å². The monoisotopic (exact) mass is 362 g/mol. The standard InChI is InChI=1S/C22H35O2P/c1-10-12-18(4)13-14-19(15-17(3)11-2)24-21(23)20(25(8)9)16-22(5,6)7/h10-15,20H,2,16H2,1,3-9H3/b12-10-,17-15+,18-13+,19-14+. The quantitative estimate of drug-likeness (QED) is 0.210. The van der Waals surface area contributed by atoms with Gasteiger partial charge in [-0.25, -0.2) is 0 Å². The molecular formula is C22H35O2P. The molecule has 0 aromatic carbocycles. The average Bonchev–Trinajstić information content (AvgIpc) is 2.49. The fourth-order valence-electron chi connectivity index (χ4n) is 2.17. The van der Waals surface area contributed by atoms with Crippen molar-refractivity contribution in [3.63, 3.8) is 0 Å². The molecule has 0 N–H and O–H groups in total. The van der Waals surface area contributed by atoms with Crippen molar-refractivity contribution in [3.8, 4) is 0 Å². The molecule has 2 nitrogen and oxygen atoms in total. The summed E-state index contributed by atoms with van der Waals surface area (Å²) in [7, 11) is -0.419. The van der Waals surface area contributed by atoms with Crippen molar-refractivity contribution in [1.82, 2.24) is 0 Å². The second kappa shape index (κ2) is 11.3. The third kappa shape index (κ3) is 10.9. The van der Waals surface area contributed by atoms with E-state index in [4.69, 9.17) is 4.74 Å². The number of hydrogen-bond acceptors (Lipinski definition) is 2. The maximum Gasteiger partial charge on any atom is 0.318 e. The minimum absolute atomic E-state index is 0.0588. The molecular weight excluding hydrogens is 327 g/mol. The van der Waals surface area contributed by atoms with Crippen LogP contribution in [0, 0.1) is 5.41 Å². The highest BCUT2D eigenvalue weighted by molar-refractivity contribution is 7.57. The maximum atomic E-state index is 12.8. The first-order chi connectivity index (χ1) is 11.5. The summed E-state index contributed by atoms with van der Waals surface area (Å²) in [5.41, 5.74) is 2.09. The van der Waals surface area contributed by atoms with E-state index in [9.17, 15) is 4.79 Å². The molecule has 0 aliphatic carbocycles. The maximum absolute atomic E-state index is 12.8. The second-order valence-electron chi connectivity index (χ2n) is 7.74. The van der Waals surface area contributed by atoms with E-state index >= 15 is 0 Å². The van der Waals surface area contributed by atoms with Crippen LogP contribution in [0.5, 0.6) is 0 Å². The Bertz CT molecular complexity index is 569. The molecule has 0 aromatic rings. The number of carbonyl (C=O) groups is 1. The molecule has 0 aromatic heterocycles. The number of ether oxygens (including phenoxy) is 1. The van der Waals surface area contributed by atoms with Crippen LogP contribution in [-0.4, -0.2) is 25.0 Å². The minimum atomic E-state index is -0.419. The lowest BCUT2D eigenvalue weighted by molar-refractivity contribution is -0.139. The van der Waals surface area contributed by atoms with Crippen molar-refractivity contribution in [3.05, 3.63) is 59.9 Å². The zero-order valence-corrected chi connectivity index (χ0v) is 18.1. The van der Waals surface area contributed by atoms with Gasteiger partial charge in [0.2, 0.25) is 0 Å². The number of esters is 1. The topological polar surface area (TPSA) is 26.3 Å². The van der Waals surface area contributed by atoms with Crippen LogP contribution in [0.3, 0.4) is 0 Å². The van der Waals surface area contributed by atoms with E-state index in [1.165, 1.54) is 0 Å². The lowest BCUT2D eigenvalue weighted by atomic mass is 9.90. The predicted molar refractivity (Wildman–Crippen MR) is 113 cm³/mol. The zero-order valence-electron chi connectivity index (χ0n) is 17.2. The average molecular weight is 362 g/mol. The Balaban J connectivity index is 5.54. The summed E-state index contributed by atoms with van der Waals surface area (Å²) in [6, 6.07) is 0. The van der Waals surface area contributed by atoms with Crippen LogP contribution in [0.2, 0.25) is 0 Å². The molecule has 1 unspecified atom stereocenters. The summed E-state index contributed by atoms with van der Waals surface area (Å²) in [4.78, 5) is 12.8. The van der Waals surface area contributed by atoms with Crippen LogP contribution in [0.1, 0.15) is 48.0 Å². The largest absolute Gasteiger partial charge is 0.426 e. The molecule has 0 saturated carbocycles. The van der Waals surface area contributed by atoms with Crippen molar-refractivity contribution >= 4 is 13.9 Å². The molecule has 0 saturated heterocycles. The molecule has 0 aliphatic heterocycles. The van der Waals surface area contributed by atoms with Gasteiger partial charge < -0.3 is 4.74 Å². The smallest absolute Gasteiger partial charge is 0.318 e. The molecule has 0 amide bonds. The van der Waals surface area contributed by atoms with Gasteiger partial charge in [-0.2, -0.15) is 0 Å². The molecule has 0 spiro atoms. The summed E-state index contributed by atoms with van der Waals surface area (Å²) in [6.45, 7) is 20.5. The number of hydrogen-bond donors (Lipinski definition) is 0. The fraction of sp³-hybridized carbons (Fsp3) is 0.500. The first-order valence-electron chi connectivity index (χ1n) is 8.70. The lowest BCUT2D eigenvalue weighted by Gasteiger charge is -2.27. The SMILES string of the molecule is C=C/C(C)=C/C(=C\C=C(C)\C=C/C)OC(=O)C(CC(C)(C)C)P(C)C. The Kier molecular flexibility index (Phi) is 10.6. The van der Waals surface area contributed by atoms with Gasteiger partial charge >= 0.3 is 5.97 Å². The highest BCUT2D eigenvalue weighted by Gasteiger charge is 2.29. The fourth-order valence-corrected chi connectivity index (χ4v) is 3.56. The minimum Gasteiger partial charge on any atom is -0.426 e. The number of allylic oxidation sites excluding steroid dienone is 8. The van der Waals surface area contributed by atoms with Gasteiger partial charge in [-0.3, -0.25) is 4.79 Å². The Hall–Kier alpha value is -1.40. The molecule has 1 atom stereocenters. The van der Waals surface area contributed by atoms with Gasteiger partial charge in [-0.1, -0.05) is 65.1 Å². The Morgan fingerprint density at radius 1 is 1.16 bits per heavy atom. The highest BCUT2D eigenvalue weighted by Crippen LogP contribution is 2.40. The van der Waals surface area contributed by atoms with Crippen LogP contribution in [-0.2, 0) is 9.53 Å². The third-order valence-electron chi connectivity index (χ3n) is 3.55. The van der Waals surface area contributed by atoms with Crippen molar-refractivity contribution in [2.45, 2.75) is 53.6 Å². The summed E-state index contributed by atoms with van der Waals surface area (Å²) >= 11 is 0. The van der Waals surface area contributed by atoms with E-state index < -0.39 is 7.92 Å². The van der Waals surface area contributed by atoms with Crippen LogP contribution >= 0.6 is 7.92 Å². The summed E-state index contributed by atoms with van der Waals surface area (Å²) in [6.07, 6.45) is 12.2. The van der Waals surface area contributed by atoms with Crippen LogP contribution in [0.25, 0.3) is 0 Å². The van der Waals surface area contributed by atoms with Crippen LogP contribution in [0.15, 0.2) is 59.9 Å². The van der Waals surface area contributed by atoms with Crippen molar-refractivity contribution in [2.24, 2.45) is 5.41 Å². The first-order valence-corrected chi connectivity index (χ1v) is 11.0. The van der Waals surface area contributed by atoms with E-state index in [2.05, 4.69) is 40.7 Å². The summed E-state index contributed by atoms with van der Waals surface area (Å²) < 4.78 is 5.77. The van der Waals surface area contributed by atoms with E-state index in [1.807, 2.05) is 51.2 Å². The highest BCUT2D eigenvalue weighted by atomic mass is 31.1. The molecule has 0 rings (SSSR count). The van der Waals surface area contributed by atoms with E-state index in [0.29, 0.717) is 5.76 Å². The zero-order chi connectivity index (χ0) is 19.6. The number of rotatable bonds is 8. The molecule has 0 aliphatic rings. The Morgan fingerprint density at radius 3 is 2.20 bits per heavy atom. The third-order valence-corrected chi connectivity index (χ3v) is 5.19. The van der Waals surface area contributed by atoms with Crippen LogP contribution < -0.4 is 0 Å². The summed E-state index contributed by atoms with van der Waals surface area (Å²) in [5, 5.41) is 0.